The number of rotatable bonds is 2. The number of para-hydroxylation sites is 1. The third kappa shape index (κ3) is 1.80. The summed E-state index contributed by atoms with van der Waals surface area (Å²) in [6, 6.07) is 8.24. The number of hydrogen-bond acceptors (Lipinski definition) is 2. The van der Waals surface area contributed by atoms with Crippen LogP contribution >= 0.6 is 0 Å². The van der Waals surface area contributed by atoms with Crippen LogP contribution in [-0.2, 0) is 0 Å². The number of hydrazine groups is 2. The third-order valence-corrected chi connectivity index (χ3v) is 2.12. The van der Waals surface area contributed by atoms with Gasteiger partial charge in [0, 0.05) is 0 Å². The molecule has 0 amide bonds. The van der Waals surface area contributed by atoms with E-state index in [9.17, 15) is 0 Å². The van der Waals surface area contributed by atoms with E-state index in [-0.39, 0.29) is 0 Å². The number of hydrogen-bond donors (Lipinski definition) is 2. The van der Waals surface area contributed by atoms with Gasteiger partial charge in [0.1, 0.15) is 5.69 Å². The van der Waals surface area contributed by atoms with Gasteiger partial charge in [-0.3, -0.25) is 0 Å². The second-order valence-electron chi connectivity index (χ2n) is 3.18. The third-order valence-electron chi connectivity index (χ3n) is 2.12. The Balaban J connectivity index is 2.13. The first kappa shape index (κ1) is 8.10. The Morgan fingerprint density at radius 3 is 2.92 bits per heavy atom. The maximum absolute atomic E-state index is 3.28. The van der Waals surface area contributed by atoms with Crippen molar-refractivity contribution in [1.82, 2.24) is 5.43 Å². The van der Waals surface area contributed by atoms with E-state index in [1.54, 1.807) is 0 Å². The van der Waals surface area contributed by atoms with Crippen LogP contribution in [0.25, 0.3) is 0 Å². The maximum atomic E-state index is 3.28. The molecule has 0 saturated carbocycles. The van der Waals surface area contributed by atoms with E-state index in [4.69, 9.17) is 0 Å². The first-order valence-electron chi connectivity index (χ1n) is 4.54. The second kappa shape index (κ2) is 3.47. The second-order valence-corrected chi connectivity index (χ2v) is 3.18. The molecule has 1 aliphatic heterocycles. The number of anilines is 1. The molecule has 0 bridgehead atoms. The minimum Gasteiger partial charge on any atom is -0.170 e. The van der Waals surface area contributed by atoms with Gasteiger partial charge in [-0.15, -0.1) is 5.43 Å². The average Bonchev–Trinajstić information content (AvgIpc) is 2.61. The van der Waals surface area contributed by atoms with Crippen LogP contribution in [0.5, 0.6) is 0 Å². The van der Waals surface area contributed by atoms with Crippen molar-refractivity contribution in [3.8, 4) is 0 Å². The summed E-state index contributed by atoms with van der Waals surface area (Å²) in [4.78, 5) is 1.92. The molecule has 0 fully saturated rings. The van der Waals surface area contributed by atoms with Crippen LogP contribution in [0.1, 0.15) is 12.0 Å². The van der Waals surface area contributed by atoms with Gasteiger partial charge in [-0.25, -0.2) is 0 Å². The SMILES string of the molecule is Cc1ccccc1N[N+]1=CCCN1. The summed E-state index contributed by atoms with van der Waals surface area (Å²) in [6.45, 7) is 3.11. The molecule has 1 aromatic rings. The summed E-state index contributed by atoms with van der Waals surface area (Å²) in [5.41, 5.74) is 8.88. The lowest BCUT2D eigenvalue weighted by Gasteiger charge is -2.03. The van der Waals surface area contributed by atoms with Gasteiger partial charge in [0.15, 0.2) is 0 Å². The molecule has 0 atom stereocenters. The van der Waals surface area contributed by atoms with E-state index in [0.29, 0.717) is 0 Å². The summed E-state index contributed by atoms with van der Waals surface area (Å²) in [7, 11) is 0. The molecule has 68 valence electrons. The molecule has 1 aliphatic rings. The minimum absolute atomic E-state index is 1.01. The summed E-state index contributed by atoms with van der Waals surface area (Å²) < 4.78 is 0. The van der Waals surface area contributed by atoms with E-state index in [1.165, 1.54) is 5.56 Å². The van der Waals surface area contributed by atoms with Crippen molar-refractivity contribution in [3.05, 3.63) is 29.8 Å². The van der Waals surface area contributed by atoms with E-state index >= 15 is 0 Å². The number of hydrazone groups is 2. The monoisotopic (exact) mass is 176 g/mol. The van der Waals surface area contributed by atoms with Crippen molar-refractivity contribution in [1.29, 1.82) is 0 Å². The van der Waals surface area contributed by atoms with Gasteiger partial charge in [-0.2, -0.15) is 5.43 Å². The number of nitrogens with one attached hydrogen (secondary N) is 2. The van der Waals surface area contributed by atoms with Crippen LogP contribution in [-0.4, -0.2) is 17.6 Å². The smallest absolute Gasteiger partial charge is 0.170 e. The van der Waals surface area contributed by atoms with E-state index in [1.807, 2.05) is 16.9 Å². The fraction of sp³-hybridized carbons (Fsp3) is 0.300. The molecule has 2 N–H and O–H groups in total. The molecule has 0 aliphatic carbocycles. The molecule has 13 heavy (non-hydrogen) atoms. The molecular formula is C10H14N3+. The Bertz CT molecular complexity index is 331. The highest BCUT2D eigenvalue weighted by molar-refractivity contribution is 5.54. The van der Waals surface area contributed by atoms with Crippen LogP contribution in [0.15, 0.2) is 24.3 Å². The van der Waals surface area contributed by atoms with Crippen molar-refractivity contribution in [2.75, 3.05) is 12.0 Å². The molecule has 0 spiro atoms. The Hall–Kier alpha value is -1.51. The van der Waals surface area contributed by atoms with Crippen LogP contribution < -0.4 is 10.9 Å². The van der Waals surface area contributed by atoms with Gasteiger partial charge in [0.25, 0.3) is 0 Å². The molecule has 2 rings (SSSR count). The quantitative estimate of drug-likeness (QED) is 0.665. The Kier molecular flexibility index (Phi) is 2.17. The zero-order valence-electron chi connectivity index (χ0n) is 7.75. The van der Waals surface area contributed by atoms with Crippen LogP contribution in [0.3, 0.4) is 0 Å². The molecule has 1 aromatic carbocycles. The van der Waals surface area contributed by atoms with Gasteiger partial charge in [0.2, 0.25) is 6.21 Å². The zero-order chi connectivity index (χ0) is 9.10. The first-order chi connectivity index (χ1) is 6.36. The average molecular weight is 176 g/mol. The van der Waals surface area contributed by atoms with E-state index in [0.717, 1.165) is 18.7 Å². The summed E-state index contributed by atoms with van der Waals surface area (Å²) in [5.74, 6) is 0. The summed E-state index contributed by atoms with van der Waals surface area (Å²) in [6.07, 6.45) is 3.19. The maximum Gasteiger partial charge on any atom is 0.206 e. The fourth-order valence-electron chi connectivity index (χ4n) is 1.36. The van der Waals surface area contributed by atoms with Crippen molar-refractivity contribution in [2.24, 2.45) is 0 Å². The molecule has 0 unspecified atom stereocenters. The number of benzene rings is 1. The minimum atomic E-state index is 1.01. The Morgan fingerprint density at radius 2 is 2.23 bits per heavy atom. The fourth-order valence-corrected chi connectivity index (χ4v) is 1.36. The van der Waals surface area contributed by atoms with Crippen LogP contribution in [0.2, 0.25) is 0 Å². The Labute approximate surface area is 78.0 Å². The number of aryl methyl sites for hydroxylation is 1. The molecule has 1 heterocycles. The normalized spacial score (nSPS) is 15.0. The molecule has 0 saturated heterocycles. The van der Waals surface area contributed by atoms with E-state index < -0.39 is 0 Å². The van der Waals surface area contributed by atoms with Crippen molar-refractivity contribution in [3.63, 3.8) is 0 Å². The predicted octanol–water partition coefficient (Wildman–Crippen LogP) is 1.31. The van der Waals surface area contributed by atoms with Crippen LogP contribution in [0, 0.1) is 6.92 Å². The van der Waals surface area contributed by atoms with Gasteiger partial charge in [-0.05, 0) is 23.3 Å². The van der Waals surface area contributed by atoms with Crippen molar-refractivity contribution < 1.29 is 4.79 Å². The standard InChI is InChI=1S/C10H14N3/c1-9-5-2-3-6-10(9)12-13-8-4-7-11-13/h2-3,5-6,8,11-12H,4,7H2,1H3/q+1. The lowest BCUT2D eigenvalue weighted by atomic mass is 10.2. The number of nitrogens with zero attached hydrogens (tertiary/aromatic N) is 1. The highest BCUT2D eigenvalue weighted by Crippen LogP contribution is 2.12. The molecule has 0 radical (unpaired) electrons. The molecule has 0 aromatic heterocycles. The van der Waals surface area contributed by atoms with Gasteiger partial charge < -0.3 is 0 Å². The molecular weight excluding hydrogens is 162 g/mol. The lowest BCUT2D eigenvalue weighted by molar-refractivity contribution is -0.545. The first-order valence-corrected chi connectivity index (χ1v) is 4.54. The Morgan fingerprint density at radius 1 is 1.38 bits per heavy atom. The lowest BCUT2D eigenvalue weighted by Crippen LogP contribution is -2.29. The predicted molar refractivity (Wildman–Crippen MR) is 53.7 cm³/mol. The van der Waals surface area contributed by atoms with Gasteiger partial charge >= 0.3 is 0 Å². The highest BCUT2D eigenvalue weighted by atomic mass is 15.7. The van der Waals surface area contributed by atoms with Crippen LogP contribution in [0.4, 0.5) is 5.69 Å². The highest BCUT2D eigenvalue weighted by Gasteiger charge is 2.10. The molecule has 3 nitrogen and oxygen atoms in total. The van der Waals surface area contributed by atoms with Crippen molar-refractivity contribution >= 4 is 11.9 Å². The van der Waals surface area contributed by atoms with Crippen molar-refractivity contribution in [2.45, 2.75) is 13.3 Å². The zero-order valence-corrected chi connectivity index (χ0v) is 7.75. The van der Waals surface area contributed by atoms with E-state index in [2.05, 4.69) is 36.1 Å². The largest absolute Gasteiger partial charge is 0.206 e. The summed E-state index contributed by atoms with van der Waals surface area (Å²) >= 11 is 0. The van der Waals surface area contributed by atoms with Gasteiger partial charge in [-0.1, -0.05) is 18.2 Å². The van der Waals surface area contributed by atoms with Gasteiger partial charge in [0.05, 0.1) is 13.0 Å². The molecule has 3 heteroatoms. The topological polar surface area (TPSA) is 27.1 Å². The summed E-state index contributed by atoms with van der Waals surface area (Å²) in [5, 5.41) is 0.